The van der Waals surface area contributed by atoms with Crippen molar-refractivity contribution in [3.8, 4) is 0 Å². The third-order valence-electron chi connectivity index (χ3n) is 4.27. The standard InChI is InChI=1S/C16H22FN3OS/c1-12-15(21)20(11-10-19-8-6-18-7-9-19)16(22-12)13-2-4-14(17)5-3-13/h2-5,12,16,18H,6-11H2,1H3/t12-,16+/m0/s1. The van der Waals surface area contributed by atoms with Crippen LogP contribution in [0.2, 0.25) is 0 Å². The van der Waals surface area contributed by atoms with Crippen LogP contribution in [0.25, 0.3) is 0 Å². The summed E-state index contributed by atoms with van der Waals surface area (Å²) in [6.45, 7) is 7.68. The highest BCUT2D eigenvalue weighted by Gasteiger charge is 2.38. The van der Waals surface area contributed by atoms with Crippen molar-refractivity contribution in [2.24, 2.45) is 0 Å². The van der Waals surface area contributed by atoms with Gasteiger partial charge in [-0.3, -0.25) is 9.69 Å². The largest absolute Gasteiger partial charge is 0.324 e. The van der Waals surface area contributed by atoms with Gasteiger partial charge in [-0.15, -0.1) is 11.8 Å². The van der Waals surface area contributed by atoms with Gasteiger partial charge in [0.05, 0.1) is 5.25 Å². The van der Waals surface area contributed by atoms with E-state index in [4.69, 9.17) is 0 Å². The molecule has 0 bridgehead atoms. The molecule has 0 spiro atoms. The van der Waals surface area contributed by atoms with Gasteiger partial charge in [0, 0.05) is 39.3 Å². The Kier molecular flexibility index (Phi) is 5.00. The molecule has 0 saturated carbocycles. The molecule has 0 aromatic heterocycles. The maximum absolute atomic E-state index is 13.1. The predicted octanol–water partition coefficient (Wildman–Crippen LogP) is 1.69. The molecule has 0 radical (unpaired) electrons. The minimum Gasteiger partial charge on any atom is -0.324 e. The van der Waals surface area contributed by atoms with Crippen LogP contribution in [0.3, 0.4) is 0 Å². The molecular weight excluding hydrogens is 301 g/mol. The van der Waals surface area contributed by atoms with Gasteiger partial charge < -0.3 is 10.2 Å². The van der Waals surface area contributed by atoms with Gasteiger partial charge in [-0.1, -0.05) is 12.1 Å². The third kappa shape index (κ3) is 3.45. The molecule has 0 unspecified atom stereocenters. The Labute approximate surface area is 135 Å². The molecule has 2 aliphatic rings. The van der Waals surface area contributed by atoms with Crippen LogP contribution in [0, 0.1) is 5.82 Å². The molecule has 4 nitrogen and oxygen atoms in total. The SMILES string of the molecule is C[C@@H]1S[C@H](c2ccc(F)cc2)N(CCN2CCNCC2)C1=O. The van der Waals surface area contributed by atoms with E-state index in [0.717, 1.165) is 44.8 Å². The molecule has 1 N–H and O–H groups in total. The van der Waals surface area contributed by atoms with E-state index in [1.807, 2.05) is 11.8 Å². The molecular formula is C16H22FN3OS. The first-order chi connectivity index (χ1) is 10.6. The molecule has 1 aromatic carbocycles. The topological polar surface area (TPSA) is 35.6 Å². The molecule has 6 heteroatoms. The number of benzene rings is 1. The summed E-state index contributed by atoms with van der Waals surface area (Å²) in [5.74, 6) is -0.0482. The Balaban J connectivity index is 1.68. The van der Waals surface area contributed by atoms with E-state index < -0.39 is 0 Å². The van der Waals surface area contributed by atoms with Crippen LogP contribution in [0.5, 0.6) is 0 Å². The van der Waals surface area contributed by atoms with Gasteiger partial charge >= 0.3 is 0 Å². The van der Waals surface area contributed by atoms with Crippen LogP contribution in [-0.4, -0.2) is 60.2 Å². The second-order valence-corrected chi connectivity index (χ2v) is 7.23. The van der Waals surface area contributed by atoms with Gasteiger partial charge in [0.25, 0.3) is 0 Å². The third-order valence-corrected chi connectivity index (χ3v) is 5.66. The average molecular weight is 323 g/mol. The summed E-state index contributed by atoms with van der Waals surface area (Å²) in [6.07, 6.45) is 0. The maximum Gasteiger partial charge on any atom is 0.236 e. The zero-order valence-electron chi connectivity index (χ0n) is 12.8. The summed E-state index contributed by atoms with van der Waals surface area (Å²) in [6, 6.07) is 6.52. The van der Waals surface area contributed by atoms with Gasteiger partial charge in [-0.05, 0) is 24.6 Å². The molecule has 0 aliphatic carbocycles. The van der Waals surface area contributed by atoms with E-state index in [1.165, 1.54) is 12.1 Å². The number of hydrogen-bond donors (Lipinski definition) is 1. The number of nitrogens with one attached hydrogen (secondary N) is 1. The molecule has 2 heterocycles. The fraction of sp³-hybridized carbons (Fsp3) is 0.562. The van der Waals surface area contributed by atoms with Crippen LogP contribution in [0.15, 0.2) is 24.3 Å². The molecule has 2 fully saturated rings. The molecule has 2 saturated heterocycles. The molecule has 120 valence electrons. The Morgan fingerprint density at radius 2 is 1.91 bits per heavy atom. The normalized spacial score (nSPS) is 26.6. The second kappa shape index (κ2) is 6.98. The highest BCUT2D eigenvalue weighted by molar-refractivity contribution is 8.01. The predicted molar refractivity (Wildman–Crippen MR) is 87.2 cm³/mol. The van der Waals surface area contributed by atoms with Crippen molar-refractivity contribution in [1.29, 1.82) is 0 Å². The molecule has 1 amide bonds. The Bertz CT molecular complexity index is 519. The van der Waals surface area contributed by atoms with Crippen LogP contribution >= 0.6 is 11.8 Å². The monoisotopic (exact) mass is 323 g/mol. The molecule has 2 aliphatic heterocycles. The van der Waals surface area contributed by atoms with E-state index >= 15 is 0 Å². The fourth-order valence-electron chi connectivity index (χ4n) is 2.97. The Morgan fingerprint density at radius 3 is 2.59 bits per heavy atom. The zero-order chi connectivity index (χ0) is 15.5. The van der Waals surface area contributed by atoms with Crippen molar-refractivity contribution < 1.29 is 9.18 Å². The summed E-state index contributed by atoms with van der Waals surface area (Å²) in [4.78, 5) is 16.8. The number of amides is 1. The number of halogens is 1. The van der Waals surface area contributed by atoms with Crippen molar-refractivity contribution in [1.82, 2.24) is 15.1 Å². The molecule has 3 rings (SSSR count). The lowest BCUT2D eigenvalue weighted by Crippen LogP contribution is -2.46. The number of carbonyl (C=O) groups excluding carboxylic acids is 1. The van der Waals surface area contributed by atoms with Crippen molar-refractivity contribution in [2.45, 2.75) is 17.5 Å². The summed E-state index contributed by atoms with van der Waals surface area (Å²) < 4.78 is 13.1. The first-order valence-corrected chi connectivity index (χ1v) is 8.74. The van der Waals surface area contributed by atoms with Crippen molar-refractivity contribution in [3.05, 3.63) is 35.6 Å². The second-order valence-electron chi connectivity index (χ2n) is 5.81. The van der Waals surface area contributed by atoms with Crippen molar-refractivity contribution in [2.75, 3.05) is 39.3 Å². The fourth-order valence-corrected chi connectivity index (χ4v) is 4.28. The van der Waals surface area contributed by atoms with Crippen molar-refractivity contribution >= 4 is 17.7 Å². The smallest absolute Gasteiger partial charge is 0.236 e. The number of rotatable bonds is 4. The molecule has 1 aromatic rings. The first kappa shape index (κ1) is 15.8. The summed E-state index contributed by atoms with van der Waals surface area (Å²) in [5.41, 5.74) is 1.00. The van der Waals surface area contributed by atoms with Crippen LogP contribution in [0.4, 0.5) is 4.39 Å². The lowest BCUT2D eigenvalue weighted by molar-refractivity contribution is -0.130. The maximum atomic E-state index is 13.1. The number of piperazine rings is 1. The zero-order valence-corrected chi connectivity index (χ0v) is 13.6. The highest BCUT2D eigenvalue weighted by Crippen LogP contribution is 2.42. The lowest BCUT2D eigenvalue weighted by atomic mass is 10.2. The minimum atomic E-state index is -0.238. The van der Waals surface area contributed by atoms with Gasteiger partial charge in [0.1, 0.15) is 11.2 Å². The minimum absolute atomic E-state index is 0.00557. The summed E-state index contributed by atoms with van der Waals surface area (Å²) in [5, 5.41) is 3.31. The van der Waals surface area contributed by atoms with Crippen LogP contribution in [0.1, 0.15) is 17.9 Å². The first-order valence-electron chi connectivity index (χ1n) is 7.79. The van der Waals surface area contributed by atoms with Crippen LogP contribution < -0.4 is 5.32 Å². The molecule has 2 atom stereocenters. The van der Waals surface area contributed by atoms with E-state index in [2.05, 4.69) is 10.2 Å². The Morgan fingerprint density at radius 1 is 1.23 bits per heavy atom. The van der Waals surface area contributed by atoms with Gasteiger partial charge in [0.15, 0.2) is 0 Å². The Hall–Kier alpha value is -1.11. The number of nitrogens with zero attached hydrogens (tertiary/aromatic N) is 2. The lowest BCUT2D eigenvalue weighted by Gasteiger charge is -2.31. The van der Waals surface area contributed by atoms with Gasteiger partial charge in [-0.25, -0.2) is 4.39 Å². The van der Waals surface area contributed by atoms with E-state index in [1.54, 1.807) is 23.9 Å². The van der Waals surface area contributed by atoms with Crippen LogP contribution in [-0.2, 0) is 4.79 Å². The van der Waals surface area contributed by atoms with E-state index in [9.17, 15) is 9.18 Å². The summed E-state index contributed by atoms with van der Waals surface area (Å²) >= 11 is 1.65. The quantitative estimate of drug-likeness (QED) is 0.915. The average Bonchev–Trinajstić information content (AvgIpc) is 2.82. The summed E-state index contributed by atoms with van der Waals surface area (Å²) in [7, 11) is 0. The highest BCUT2D eigenvalue weighted by atomic mass is 32.2. The number of hydrogen-bond acceptors (Lipinski definition) is 4. The van der Waals surface area contributed by atoms with E-state index in [0.29, 0.717) is 0 Å². The molecule has 22 heavy (non-hydrogen) atoms. The van der Waals surface area contributed by atoms with Gasteiger partial charge in [-0.2, -0.15) is 0 Å². The van der Waals surface area contributed by atoms with Crippen molar-refractivity contribution in [3.63, 3.8) is 0 Å². The van der Waals surface area contributed by atoms with Gasteiger partial charge in [0.2, 0.25) is 5.91 Å². The van der Waals surface area contributed by atoms with E-state index in [-0.39, 0.29) is 22.3 Å². The number of carbonyl (C=O) groups is 1. The number of thioether (sulfide) groups is 1.